The van der Waals surface area contributed by atoms with Crippen molar-refractivity contribution >= 4 is 34.4 Å². The van der Waals surface area contributed by atoms with Gasteiger partial charge in [0, 0.05) is 45.1 Å². The van der Waals surface area contributed by atoms with E-state index in [1.54, 1.807) is 0 Å². The van der Waals surface area contributed by atoms with Crippen molar-refractivity contribution in [3.63, 3.8) is 0 Å². The van der Waals surface area contributed by atoms with Gasteiger partial charge in [0.2, 0.25) is 0 Å². The predicted molar refractivity (Wildman–Crippen MR) is 158 cm³/mol. The van der Waals surface area contributed by atoms with Gasteiger partial charge in [0.25, 0.3) is 5.91 Å². The number of amides is 1. The van der Waals surface area contributed by atoms with E-state index in [0.29, 0.717) is 5.56 Å². The maximum absolute atomic E-state index is 13.1. The Kier molecular flexibility index (Phi) is 7.77. The van der Waals surface area contributed by atoms with Gasteiger partial charge in [-0.15, -0.1) is 0 Å². The minimum atomic E-state index is 0.108. The fourth-order valence-corrected chi connectivity index (χ4v) is 6.10. The second-order valence-corrected chi connectivity index (χ2v) is 11.1. The lowest BCUT2D eigenvalue weighted by molar-refractivity contribution is 0.0775. The van der Waals surface area contributed by atoms with E-state index in [-0.39, 0.29) is 11.9 Å². The summed E-state index contributed by atoms with van der Waals surface area (Å²) in [6.45, 7) is 9.15. The molecule has 3 aliphatic heterocycles. The van der Waals surface area contributed by atoms with E-state index in [4.69, 9.17) is 9.73 Å². The van der Waals surface area contributed by atoms with Crippen LogP contribution in [0.15, 0.2) is 53.7 Å². The fraction of sp³-hybridized carbons (Fsp3) is 0.469. The number of nitrogens with zero attached hydrogens (tertiary/aromatic N) is 5. The van der Waals surface area contributed by atoms with Crippen LogP contribution < -0.4 is 9.64 Å². The van der Waals surface area contributed by atoms with Gasteiger partial charge in [-0.25, -0.2) is 4.98 Å². The lowest BCUT2D eigenvalue weighted by atomic mass is 10.0. The zero-order valence-electron chi connectivity index (χ0n) is 23.0. The van der Waals surface area contributed by atoms with Crippen molar-refractivity contribution in [2.24, 2.45) is 4.99 Å². The Morgan fingerprint density at radius 3 is 2.64 bits per heavy atom. The maximum Gasteiger partial charge on any atom is 0.256 e. The van der Waals surface area contributed by atoms with Crippen molar-refractivity contribution in [2.45, 2.75) is 51.5 Å². The molecule has 1 amide bonds. The number of rotatable bonds is 9. The van der Waals surface area contributed by atoms with E-state index < -0.39 is 0 Å². The summed E-state index contributed by atoms with van der Waals surface area (Å²) in [7, 11) is 0. The number of carbonyl (C=O) groups is 1. The number of unbranched alkanes of at least 4 members (excludes halogenated alkanes) is 3. The van der Waals surface area contributed by atoms with Gasteiger partial charge in [0.1, 0.15) is 11.6 Å². The number of benzene rings is 2. The number of aryl methyl sites for hydroxylation is 1. The van der Waals surface area contributed by atoms with Crippen LogP contribution in [0.5, 0.6) is 5.75 Å². The second kappa shape index (κ2) is 11.7. The van der Waals surface area contributed by atoms with Gasteiger partial charge in [-0.05, 0) is 91.9 Å². The third-order valence-electron chi connectivity index (χ3n) is 8.40. The number of pyridine rings is 1. The second-order valence-electron chi connectivity index (χ2n) is 11.1. The molecule has 0 N–H and O–H groups in total. The molecule has 0 spiro atoms. The molecule has 1 aromatic heterocycles. The first-order valence-electron chi connectivity index (χ1n) is 14.6. The molecule has 3 aliphatic rings. The summed E-state index contributed by atoms with van der Waals surface area (Å²) in [4.78, 5) is 29.2. The van der Waals surface area contributed by atoms with E-state index >= 15 is 0 Å². The van der Waals surface area contributed by atoms with Crippen LogP contribution in [-0.4, -0.2) is 78.8 Å². The maximum atomic E-state index is 13.1. The van der Waals surface area contributed by atoms with Crippen molar-refractivity contribution < 1.29 is 9.53 Å². The summed E-state index contributed by atoms with van der Waals surface area (Å²) < 4.78 is 6.21. The van der Waals surface area contributed by atoms with E-state index in [2.05, 4.69) is 46.0 Å². The number of anilines is 1. The molecule has 4 heterocycles. The lowest BCUT2D eigenvalue weighted by Crippen LogP contribution is -2.46. The average Bonchev–Trinajstić information content (AvgIpc) is 3.40. The fourth-order valence-electron chi connectivity index (χ4n) is 6.10. The van der Waals surface area contributed by atoms with Crippen LogP contribution in [0.2, 0.25) is 0 Å². The molecule has 3 aromatic rings. The van der Waals surface area contributed by atoms with Crippen molar-refractivity contribution in [1.29, 1.82) is 0 Å². The van der Waals surface area contributed by atoms with Gasteiger partial charge < -0.3 is 14.5 Å². The molecule has 204 valence electrons. The van der Waals surface area contributed by atoms with E-state index in [1.165, 1.54) is 25.8 Å². The van der Waals surface area contributed by atoms with Gasteiger partial charge in [0.05, 0.1) is 23.9 Å². The zero-order valence-corrected chi connectivity index (χ0v) is 23.0. The van der Waals surface area contributed by atoms with Gasteiger partial charge in [0.15, 0.2) is 0 Å². The Balaban J connectivity index is 0.953. The van der Waals surface area contributed by atoms with E-state index in [1.807, 2.05) is 35.5 Å². The highest BCUT2D eigenvalue weighted by Gasteiger charge is 2.31. The quantitative estimate of drug-likeness (QED) is 0.339. The monoisotopic (exact) mass is 525 g/mol. The van der Waals surface area contributed by atoms with Gasteiger partial charge >= 0.3 is 0 Å². The number of aliphatic imine (C=N–C) groups is 1. The summed E-state index contributed by atoms with van der Waals surface area (Å²) in [5.41, 5.74) is 2.59. The standard InChI is InChI=1S/C32H39N5O2/c1-24-19-25-20-28-29(34-23-27-9-8-13-37(27)32(28)38)21-26(25)22-30(24)39-18-7-3-2-6-12-35-14-16-36(17-15-35)31-10-4-5-11-33-31/h4-5,10-11,19-23,27H,2-3,6-9,12-18H2,1H3/t27-/m0/s1. The van der Waals surface area contributed by atoms with Crippen LogP contribution in [0.4, 0.5) is 11.5 Å². The lowest BCUT2D eigenvalue weighted by Gasteiger charge is -2.35. The average molecular weight is 526 g/mol. The Morgan fingerprint density at radius 2 is 1.79 bits per heavy atom. The van der Waals surface area contributed by atoms with Crippen molar-refractivity contribution in [3.8, 4) is 5.75 Å². The smallest absolute Gasteiger partial charge is 0.256 e. The molecule has 2 aromatic carbocycles. The van der Waals surface area contributed by atoms with Crippen LogP contribution in [0.1, 0.15) is 54.4 Å². The Morgan fingerprint density at radius 1 is 0.949 bits per heavy atom. The van der Waals surface area contributed by atoms with Gasteiger partial charge in [-0.3, -0.25) is 14.7 Å². The molecule has 2 saturated heterocycles. The number of hydrogen-bond donors (Lipinski definition) is 0. The Hall–Kier alpha value is -3.45. The summed E-state index contributed by atoms with van der Waals surface area (Å²) >= 11 is 0. The first kappa shape index (κ1) is 25.8. The summed E-state index contributed by atoms with van der Waals surface area (Å²) in [5.74, 6) is 2.13. The van der Waals surface area contributed by atoms with Crippen LogP contribution in [0, 0.1) is 6.92 Å². The highest BCUT2D eigenvalue weighted by molar-refractivity contribution is 6.06. The molecule has 0 bridgehead atoms. The highest BCUT2D eigenvalue weighted by Crippen LogP contribution is 2.35. The minimum absolute atomic E-state index is 0.108. The minimum Gasteiger partial charge on any atom is -0.493 e. The van der Waals surface area contributed by atoms with Crippen LogP contribution in [0.25, 0.3) is 10.8 Å². The normalized spacial score (nSPS) is 19.3. The molecule has 7 nitrogen and oxygen atoms in total. The molecule has 0 saturated carbocycles. The predicted octanol–water partition coefficient (Wildman–Crippen LogP) is 5.63. The third kappa shape index (κ3) is 5.78. The molecule has 0 unspecified atom stereocenters. The molecule has 2 fully saturated rings. The van der Waals surface area contributed by atoms with E-state index in [0.717, 1.165) is 92.2 Å². The van der Waals surface area contributed by atoms with Gasteiger partial charge in [-0.1, -0.05) is 18.9 Å². The first-order valence-corrected chi connectivity index (χ1v) is 14.6. The molecule has 0 aliphatic carbocycles. The molecule has 1 atom stereocenters. The molecule has 0 radical (unpaired) electrons. The van der Waals surface area contributed by atoms with Crippen LogP contribution >= 0.6 is 0 Å². The SMILES string of the molecule is Cc1cc2cc3c(cc2cc1OCCCCCCN1CCN(c2ccccn2)CC1)N=C[C@@H]1CCCN1C3=O. The van der Waals surface area contributed by atoms with Crippen LogP contribution in [0.3, 0.4) is 0 Å². The zero-order chi connectivity index (χ0) is 26.6. The molecule has 6 rings (SSSR count). The van der Waals surface area contributed by atoms with Crippen LogP contribution in [-0.2, 0) is 0 Å². The number of hydrogen-bond acceptors (Lipinski definition) is 6. The van der Waals surface area contributed by atoms with Crippen molar-refractivity contribution in [1.82, 2.24) is 14.8 Å². The van der Waals surface area contributed by atoms with Gasteiger partial charge in [-0.2, -0.15) is 0 Å². The summed E-state index contributed by atoms with van der Waals surface area (Å²) in [6.07, 6.45) is 10.6. The van der Waals surface area contributed by atoms with E-state index in [9.17, 15) is 4.79 Å². The molecule has 7 heteroatoms. The number of piperazine rings is 1. The largest absolute Gasteiger partial charge is 0.493 e. The summed E-state index contributed by atoms with van der Waals surface area (Å²) in [5, 5.41) is 2.14. The molecular weight excluding hydrogens is 486 g/mol. The summed E-state index contributed by atoms with van der Waals surface area (Å²) in [6, 6.07) is 14.6. The van der Waals surface area contributed by atoms with Crippen molar-refractivity contribution in [2.75, 3.05) is 50.8 Å². The highest BCUT2D eigenvalue weighted by atomic mass is 16.5. The Bertz CT molecular complexity index is 1330. The number of ether oxygens (including phenoxy) is 1. The number of aromatic nitrogens is 1. The molecular formula is C32H39N5O2. The number of fused-ring (bicyclic) bond motifs is 3. The third-order valence-corrected chi connectivity index (χ3v) is 8.40. The number of carbonyl (C=O) groups excluding carboxylic acids is 1. The van der Waals surface area contributed by atoms with Crippen molar-refractivity contribution in [3.05, 3.63) is 59.8 Å². The topological polar surface area (TPSA) is 61.3 Å². The molecule has 39 heavy (non-hydrogen) atoms. The first-order chi connectivity index (χ1) is 19.2. The Labute approximate surface area is 231 Å².